The number of rotatable bonds is 6. The molecule has 13 heteroatoms. The number of carbonyl (C=O) groups is 1. The summed E-state index contributed by atoms with van der Waals surface area (Å²) >= 11 is 0.896. The first-order valence-corrected chi connectivity index (χ1v) is 12.2. The summed E-state index contributed by atoms with van der Waals surface area (Å²) < 4.78 is 54.9. The molecule has 0 atom stereocenters. The number of nitrogen functional groups attached to an aromatic ring is 2. The Morgan fingerprint density at radius 2 is 1.79 bits per heavy atom. The van der Waals surface area contributed by atoms with Gasteiger partial charge in [0.25, 0.3) is 0 Å². The zero-order chi connectivity index (χ0) is 23.8. The minimum atomic E-state index is -3.69. The topological polar surface area (TPSA) is 144 Å². The van der Waals surface area contributed by atoms with Crippen LogP contribution in [0.3, 0.4) is 0 Å². The number of nitrogens with zero attached hydrogens (tertiary/aromatic N) is 3. The van der Waals surface area contributed by atoms with E-state index < -0.39 is 33.0 Å². The number of aromatic nitrogens is 2. The molecule has 33 heavy (non-hydrogen) atoms. The van der Waals surface area contributed by atoms with E-state index in [4.69, 9.17) is 11.5 Å². The number of ketones is 1. The Morgan fingerprint density at radius 1 is 1.12 bits per heavy atom. The summed E-state index contributed by atoms with van der Waals surface area (Å²) in [7, 11) is -3.69. The minimum Gasteiger partial charge on any atom is -0.384 e. The number of anilines is 3. The van der Waals surface area contributed by atoms with Crippen LogP contribution < -0.4 is 16.8 Å². The summed E-state index contributed by atoms with van der Waals surface area (Å²) in [5.41, 5.74) is 10.7. The molecule has 5 N–H and O–H groups in total. The quantitative estimate of drug-likeness (QED) is 0.443. The lowest BCUT2D eigenvalue weighted by Gasteiger charge is -2.31. The van der Waals surface area contributed by atoms with Crippen LogP contribution in [-0.2, 0) is 10.0 Å². The number of halogens is 2. The molecule has 9 nitrogen and oxygen atoms in total. The highest BCUT2D eigenvalue weighted by molar-refractivity contribution is 7.89. The molecule has 1 aromatic carbocycles. The Hall–Kier alpha value is -3.16. The SMILES string of the molecule is Nc1ccc(S(=O)(=O)N2CCC(Nc3nc(N)c(C(=O)c4c(F)cccc4F)s3)CC2)cn1. The first-order valence-electron chi connectivity index (χ1n) is 9.90. The second kappa shape index (κ2) is 9.00. The van der Waals surface area contributed by atoms with Gasteiger partial charge < -0.3 is 16.8 Å². The summed E-state index contributed by atoms with van der Waals surface area (Å²) in [6.45, 7) is 0.523. The first kappa shape index (κ1) is 23.0. The van der Waals surface area contributed by atoms with Crippen molar-refractivity contribution in [2.75, 3.05) is 29.9 Å². The van der Waals surface area contributed by atoms with E-state index in [0.29, 0.717) is 18.0 Å². The van der Waals surface area contributed by atoms with Gasteiger partial charge in [0.1, 0.15) is 33.0 Å². The molecule has 0 saturated carbocycles. The molecule has 1 saturated heterocycles. The lowest BCUT2D eigenvalue weighted by molar-refractivity contribution is 0.103. The maximum Gasteiger partial charge on any atom is 0.244 e. The van der Waals surface area contributed by atoms with Crippen LogP contribution >= 0.6 is 11.3 Å². The normalized spacial score (nSPS) is 15.5. The van der Waals surface area contributed by atoms with Crippen LogP contribution in [0, 0.1) is 11.6 Å². The maximum atomic E-state index is 14.0. The second-order valence-corrected chi connectivity index (χ2v) is 10.3. The van der Waals surface area contributed by atoms with Crippen LogP contribution in [0.1, 0.15) is 28.1 Å². The number of hydrogen-bond acceptors (Lipinski definition) is 9. The van der Waals surface area contributed by atoms with E-state index in [1.165, 1.54) is 28.7 Å². The average Bonchev–Trinajstić information content (AvgIpc) is 3.14. The van der Waals surface area contributed by atoms with Crippen molar-refractivity contribution in [2.24, 2.45) is 0 Å². The van der Waals surface area contributed by atoms with Gasteiger partial charge >= 0.3 is 0 Å². The third-order valence-corrected chi connectivity index (χ3v) is 8.11. The van der Waals surface area contributed by atoms with Crippen LogP contribution in [0.2, 0.25) is 0 Å². The highest BCUT2D eigenvalue weighted by atomic mass is 32.2. The standard InChI is InChI=1S/C20H20F2N6O3S2/c21-13-2-1-3-14(22)16(13)17(29)18-19(24)27-20(32-18)26-11-6-8-28(9-7-11)33(30,31)12-4-5-15(23)25-10-12/h1-5,10-11H,6-9,24H2,(H2,23,25)(H,26,27). The number of carbonyl (C=O) groups excluding carboxylic acids is 1. The van der Waals surface area contributed by atoms with E-state index in [2.05, 4.69) is 15.3 Å². The van der Waals surface area contributed by atoms with E-state index >= 15 is 0 Å². The number of pyridine rings is 1. The Labute approximate surface area is 192 Å². The van der Waals surface area contributed by atoms with Gasteiger partial charge in [0, 0.05) is 25.3 Å². The van der Waals surface area contributed by atoms with Crippen molar-refractivity contribution >= 4 is 43.9 Å². The van der Waals surface area contributed by atoms with Gasteiger partial charge in [0.05, 0.1) is 5.56 Å². The molecule has 0 bridgehead atoms. The molecular formula is C20H20F2N6O3S2. The minimum absolute atomic E-state index is 0.0688. The summed E-state index contributed by atoms with van der Waals surface area (Å²) in [6.07, 6.45) is 2.18. The Morgan fingerprint density at radius 3 is 2.39 bits per heavy atom. The molecule has 1 aliphatic heterocycles. The summed E-state index contributed by atoms with van der Waals surface area (Å²) in [5, 5.41) is 3.45. The molecule has 174 valence electrons. The third-order valence-electron chi connectivity index (χ3n) is 5.23. The number of thiazole rings is 1. The number of nitrogens with one attached hydrogen (secondary N) is 1. The fraction of sp³-hybridized carbons (Fsp3) is 0.250. The lowest BCUT2D eigenvalue weighted by Crippen LogP contribution is -2.42. The summed E-state index contributed by atoms with van der Waals surface area (Å²) in [6, 6.07) is 5.88. The number of hydrogen-bond donors (Lipinski definition) is 3. The van der Waals surface area contributed by atoms with Crippen LogP contribution in [0.15, 0.2) is 41.4 Å². The van der Waals surface area contributed by atoms with Crippen LogP contribution in [0.5, 0.6) is 0 Å². The molecule has 0 amide bonds. The van der Waals surface area contributed by atoms with Gasteiger partial charge in [0.2, 0.25) is 15.8 Å². The van der Waals surface area contributed by atoms with E-state index in [-0.39, 0.29) is 40.5 Å². The molecule has 0 radical (unpaired) electrons. The van der Waals surface area contributed by atoms with Gasteiger partial charge in [0.15, 0.2) is 5.13 Å². The monoisotopic (exact) mass is 494 g/mol. The van der Waals surface area contributed by atoms with Crippen LogP contribution in [-0.4, -0.2) is 47.6 Å². The average molecular weight is 495 g/mol. The van der Waals surface area contributed by atoms with Crippen molar-refractivity contribution in [2.45, 2.75) is 23.8 Å². The van der Waals surface area contributed by atoms with E-state index in [9.17, 15) is 22.0 Å². The molecule has 0 unspecified atom stereocenters. The molecule has 2 aromatic heterocycles. The van der Waals surface area contributed by atoms with Crippen molar-refractivity contribution in [3.63, 3.8) is 0 Å². The highest BCUT2D eigenvalue weighted by Crippen LogP contribution is 2.31. The van der Waals surface area contributed by atoms with Crippen molar-refractivity contribution in [1.29, 1.82) is 0 Å². The first-order chi connectivity index (χ1) is 15.7. The maximum absolute atomic E-state index is 14.0. The molecule has 3 aromatic rings. The van der Waals surface area contributed by atoms with E-state index in [0.717, 1.165) is 23.5 Å². The molecule has 0 spiro atoms. The zero-order valence-electron chi connectivity index (χ0n) is 17.2. The van der Waals surface area contributed by atoms with Gasteiger partial charge in [-0.2, -0.15) is 4.31 Å². The van der Waals surface area contributed by atoms with Gasteiger partial charge in [-0.25, -0.2) is 27.2 Å². The smallest absolute Gasteiger partial charge is 0.244 e. The lowest BCUT2D eigenvalue weighted by atomic mass is 10.1. The summed E-state index contributed by atoms with van der Waals surface area (Å²) in [5.74, 6) is -2.74. The van der Waals surface area contributed by atoms with Crippen LogP contribution in [0.25, 0.3) is 0 Å². The molecule has 1 fully saturated rings. The molecule has 3 heterocycles. The highest BCUT2D eigenvalue weighted by Gasteiger charge is 2.30. The van der Waals surface area contributed by atoms with E-state index in [1.807, 2.05) is 0 Å². The Kier molecular flexibility index (Phi) is 6.28. The summed E-state index contributed by atoms with van der Waals surface area (Å²) in [4.78, 5) is 20.6. The number of benzene rings is 1. The van der Waals surface area contributed by atoms with E-state index in [1.54, 1.807) is 0 Å². The number of sulfonamides is 1. The Balaban J connectivity index is 1.42. The van der Waals surface area contributed by atoms with Crippen molar-refractivity contribution in [1.82, 2.24) is 14.3 Å². The molecule has 0 aliphatic carbocycles. The van der Waals surface area contributed by atoms with Crippen molar-refractivity contribution in [3.05, 3.63) is 58.6 Å². The Bertz CT molecular complexity index is 1270. The van der Waals surface area contributed by atoms with Crippen molar-refractivity contribution in [3.8, 4) is 0 Å². The fourth-order valence-electron chi connectivity index (χ4n) is 3.49. The number of piperidine rings is 1. The van der Waals surface area contributed by atoms with Gasteiger partial charge in [-0.15, -0.1) is 0 Å². The largest absolute Gasteiger partial charge is 0.384 e. The third kappa shape index (κ3) is 4.65. The number of nitrogens with two attached hydrogens (primary N) is 2. The zero-order valence-corrected chi connectivity index (χ0v) is 18.8. The van der Waals surface area contributed by atoms with Gasteiger partial charge in [-0.3, -0.25) is 4.79 Å². The molecule has 4 rings (SSSR count). The van der Waals surface area contributed by atoms with Gasteiger partial charge in [-0.05, 0) is 37.1 Å². The van der Waals surface area contributed by atoms with Gasteiger partial charge in [-0.1, -0.05) is 17.4 Å². The van der Waals surface area contributed by atoms with Crippen LogP contribution in [0.4, 0.5) is 25.5 Å². The molecular weight excluding hydrogens is 474 g/mol. The predicted molar refractivity (Wildman–Crippen MR) is 120 cm³/mol. The molecule has 1 aliphatic rings. The second-order valence-electron chi connectivity index (χ2n) is 7.40. The predicted octanol–water partition coefficient (Wildman–Crippen LogP) is 2.48. The fourth-order valence-corrected chi connectivity index (χ4v) is 5.82. The van der Waals surface area contributed by atoms with Crippen molar-refractivity contribution < 1.29 is 22.0 Å².